The van der Waals surface area contributed by atoms with Crippen molar-refractivity contribution in [3.63, 3.8) is 0 Å². The molecule has 0 heterocycles. The number of hydrogen-bond acceptors (Lipinski definition) is 4. The predicted molar refractivity (Wildman–Crippen MR) is 98.5 cm³/mol. The molecule has 156 valence electrons. The summed E-state index contributed by atoms with van der Waals surface area (Å²) in [6.45, 7) is -0.0488. The van der Waals surface area contributed by atoms with E-state index in [2.05, 4.69) is 5.32 Å². The molecule has 0 aromatic heterocycles. The highest BCUT2D eigenvalue weighted by molar-refractivity contribution is 5.85. The predicted octanol–water partition coefficient (Wildman–Crippen LogP) is 3.56. The fourth-order valence-electron chi connectivity index (χ4n) is 2.61. The van der Waals surface area contributed by atoms with Crippen molar-refractivity contribution in [1.82, 2.24) is 10.4 Å². The fourth-order valence-corrected chi connectivity index (χ4v) is 2.61. The minimum absolute atomic E-state index is 0.0488. The molecule has 2 aromatic carbocycles. The Morgan fingerprint density at radius 3 is 2.31 bits per heavy atom. The van der Waals surface area contributed by atoms with Crippen molar-refractivity contribution in [2.45, 2.75) is 25.2 Å². The first-order chi connectivity index (χ1) is 13.7. The van der Waals surface area contributed by atoms with Crippen molar-refractivity contribution in [3.8, 4) is 0 Å². The van der Waals surface area contributed by atoms with Crippen LogP contribution in [0.15, 0.2) is 54.6 Å². The molecule has 1 atom stereocenters. The lowest BCUT2D eigenvalue weighted by molar-refractivity contribution is -0.171. The normalized spacial score (nSPS) is 12.2. The van der Waals surface area contributed by atoms with Crippen LogP contribution < -0.4 is 5.32 Å². The first-order valence-electron chi connectivity index (χ1n) is 8.66. The molecular formula is C20H21F3N2O4. The highest BCUT2D eigenvalue weighted by Crippen LogP contribution is 2.32. The first-order valence-corrected chi connectivity index (χ1v) is 8.66. The van der Waals surface area contributed by atoms with Crippen LogP contribution >= 0.6 is 0 Å². The molecule has 0 spiro atoms. The van der Waals surface area contributed by atoms with Crippen LogP contribution in [0, 0.1) is 0 Å². The number of alkyl carbamates (subject to hydrolysis) is 1. The molecule has 0 bridgehead atoms. The number of amides is 2. The number of nitrogens with zero attached hydrogens (tertiary/aromatic N) is 1. The van der Waals surface area contributed by atoms with Crippen molar-refractivity contribution < 1.29 is 32.3 Å². The van der Waals surface area contributed by atoms with Gasteiger partial charge in [-0.15, -0.1) is 0 Å². The van der Waals surface area contributed by atoms with E-state index < -0.39 is 29.8 Å². The van der Waals surface area contributed by atoms with E-state index >= 15 is 0 Å². The molecule has 29 heavy (non-hydrogen) atoms. The zero-order valence-electron chi connectivity index (χ0n) is 15.9. The maximum absolute atomic E-state index is 13.3. The van der Waals surface area contributed by atoms with E-state index in [1.807, 2.05) is 0 Å². The van der Waals surface area contributed by atoms with Gasteiger partial charge in [-0.1, -0.05) is 48.5 Å². The number of halogens is 3. The lowest BCUT2D eigenvalue weighted by atomic mass is 9.99. The summed E-state index contributed by atoms with van der Waals surface area (Å²) >= 11 is 0. The number of nitrogens with one attached hydrogen (secondary N) is 1. The van der Waals surface area contributed by atoms with E-state index in [1.54, 1.807) is 30.3 Å². The van der Waals surface area contributed by atoms with Gasteiger partial charge in [0, 0.05) is 13.5 Å². The molecular weight excluding hydrogens is 389 g/mol. The lowest BCUT2D eigenvalue weighted by Crippen LogP contribution is -2.48. The Kier molecular flexibility index (Phi) is 7.60. The molecule has 2 rings (SSSR count). The van der Waals surface area contributed by atoms with Crippen LogP contribution in [0.25, 0.3) is 0 Å². The van der Waals surface area contributed by atoms with Crippen molar-refractivity contribution in [2.24, 2.45) is 0 Å². The minimum atomic E-state index is -4.59. The molecule has 1 N–H and O–H groups in total. The number of carbonyl (C=O) groups is 2. The molecule has 0 saturated heterocycles. The van der Waals surface area contributed by atoms with Crippen molar-refractivity contribution in [2.75, 3.05) is 14.2 Å². The summed E-state index contributed by atoms with van der Waals surface area (Å²) in [6, 6.07) is 12.4. The van der Waals surface area contributed by atoms with E-state index in [1.165, 1.54) is 32.4 Å². The van der Waals surface area contributed by atoms with Gasteiger partial charge in [-0.05, 0) is 17.2 Å². The van der Waals surface area contributed by atoms with Gasteiger partial charge in [0.05, 0.1) is 12.7 Å². The van der Waals surface area contributed by atoms with Crippen LogP contribution in [0.3, 0.4) is 0 Å². The average Bonchev–Trinajstić information content (AvgIpc) is 2.71. The third-order valence-corrected chi connectivity index (χ3v) is 4.13. The van der Waals surface area contributed by atoms with Crippen LogP contribution in [-0.2, 0) is 33.6 Å². The molecule has 0 fully saturated rings. The smallest absolute Gasteiger partial charge is 0.416 e. The van der Waals surface area contributed by atoms with Crippen LogP contribution in [-0.4, -0.2) is 37.3 Å². The Balaban J connectivity index is 2.16. The van der Waals surface area contributed by atoms with Gasteiger partial charge >= 0.3 is 12.3 Å². The van der Waals surface area contributed by atoms with E-state index in [0.717, 1.165) is 16.7 Å². The molecule has 0 aliphatic heterocycles. The number of likely N-dealkylation sites (N-methyl/N-ethyl adjacent to an activating group) is 1. The van der Waals surface area contributed by atoms with Gasteiger partial charge in [0.15, 0.2) is 0 Å². The molecule has 0 aliphatic carbocycles. The Labute approximate surface area is 166 Å². The summed E-state index contributed by atoms with van der Waals surface area (Å²) in [5.74, 6) is -0.721. The quantitative estimate of drug-likeness (QED) is 0.709. The van der Waals surface area contributed by atoms with Gasteiger partial charge in [-0.2, -0.15) is 13.2 Å². The monoisotopic (exact) mass is 410 g/mol. The Hall–Kier alpha value is -3.07. The van der Waals surface area contributed by atoms with Gasteiger partial charge in [0.2, 0.25) is 0 Å². The summed E-state index contributed by atoms with van der Waals surface area (Å²) in [5, 5.41) is 3.16. The number of ether oxygens (including phenoxy) is 1. The van der Waals surface area contributed by atoms with E-state index in [-0.39, 0.29) is 18.6 Å². The third-order valence-electron chi connectivity index (χ3n) is 4.13. The summed E-state index contributed by atoms with van der Waals surface area (Å²) < 4.78 is 44.9. The summed E-state index contributed by atoms with van der Waals surface area (Å²) in [6.07, 6.45) is -5.91. The number of hydroxylamine groups is 2. The average molecular weight is 410 g/mol. The van der Waals surface area contributed by atoms with E-state index in [0.29, 0.717) is 0 Å². The molecule has 0 aliphatic rings. The SMILES string of the molecule is CON(C)C(=O)[C@@H](Cc1ccccc1C(F)(F)F)NC(=O)OCc1ccccc1. The Bertz CT molecular complexity index is 828. The summed E-state index contributed by atoms with van der Waals surface area (Å²) in [5.41, 5.74) is -0.287. The zero-order valence-corrected chi connectivity index (χ0v) is 15.9. The number of carbonyl (C=O) groups excluding carboxylic acids is 2. The van der Waals surface area contributed by atoms with E-state index in [4.69, 9.17) is 9.57 Å². The maximum Gasteiger partial charge on any atom is 0.416 e. The van der Waals surface area contributed by atoms with Gasteiger partial charge < -0.3 is 10.1 Å². The molecule has 0 unspecified atom stereocenters. The maximum atomic E-state index is 13.3. The third kappa shape index (κ3) is 6.49. The van der Waals surface area contributed by atoms with Gasteiger partial charge in [0.1, 0.15) is 12.6 Å². The number of hydrogen-bond donors (Lipinski definition) is 1. The molecule has 6 nitrogen and oxygen atoms in total. The van der Waals surface area contributed by atoms with Crippen molar-refractivity contribution in [1.29, 1.82) is 0 Å². The topological polar surface area (TPSA) is 67.9 Å². The van der Waals surface area contributed by atoms with Gasteiger partial charge in [0.25, 0.3) is 5.91 Å². The Morgan fingerprint density at radius 1 is 1.07 bits per heavy atom. The molecule has 9 heteroatoms. The van der Waals surface area contributed by atoms with Crippen LogP contribution in [0.4, 0.5) is 18.0 Å². The largest absolute Gasteiger partial charge is 0.445 e. The first kappa shape index (κ1) is 22.2. The highest BCUT2D eigenvalue weighted by atomic mass is 19.4. The fraction of sp³-hybridized carbons (Fsp3) is 0.300. The van der Waals surface area contributed by atoms with E-state index in [9.17, 15) is 22.8 Å². The van der Waals surface area contributed by atoms with Crippen LogP contribution in [0.2, 0.25) is 0 Å². The molecule has 0 radical (unpaired) electrons. The zero-order chi connectivity index (χ0) is 21.4. The number of alkyl halides is 3. The second-order valence-electron chi connectivity index (χ2n) is 6.14. The van der Waals surface area contributed by atoms with Gasteiger partial charge in [-0.3, -0.25) is 9.63 Å². The summed E-state index contributed by atoms with van der Waals surface area (Å²) in [7, 11) is 2.52. The lowest BCUT2D eigenvalue weighted by Gasteiger charge is -2.24. The van der Waals surface area contributed by atoms with Crippen LogP contribution in [0.5, 0.6) is 0 Å². The highest BCUT2D eigenvalue weighted by Gasteiger charge is 2.35. The molecule has 2 aromatic rings. The van der Waals surface area contributed by atoms with Crippen molar-refractivity contribution >= 4 is 12.0 Å². The summed E-state index contributed by atoms with van der Waals surface area (Å²) in [4.78, 5) is 29.5. The van der Waals surface area contributed by atoms with Gasteiger partial charge in [-0.25, -0.2) is 9.86 Å². The number of benzene rings is 2. The molecule has 2 amide bonds. The minimum Gasteiger partial charge on any atom is -0.445 e. The van der Waals surface area contributed by atoms with Crippen molar-refractivity contribution in [3.05, 3.63) is 71.3 Å². The second kappa shape index (κ2) is 9.92. The Morgan fingerprint density at radius 2 is 1.69 bits per heavy atom. The molecule has 0 saturated carbocycles. The number of rotatable bonds is 7. The standard InChI is InChI=1S/C20H21F3N2O4/c1-25(28-2)18(26)17(12-15-10-6-7-11-16(15)20(21,22)23)24-19(27)29-13-14-8-4-3-5-9-14/h3-11,17H,12-13H2,1-2H3,(H,24,27)/t17-/m1/s1. The second-order valence-corrected chi connectivity index (χ2v) is 6.14. The van der Waals surface area contributed by atoms with Crippen LogP contribution in [0.1, 0.15) is 16.7 Å².